The van der Waals surface area contributed by atoms with E-state index in [9.17, 15) is 13.2 Å². The summed E-state index contributed by atoms with van der Waals surface area (Å²) >= 11 is 6.17. The number of halogens is 1. The zero-order chi connectivity index (χ0) is 21.6. The maximum atomic E-state index is 12.7. The van der Waals surface area contributed by atoms with Gasteiger partial charge in [0.1, 0.15) is 0 Å². The predicted octanol–water partition coefficient (Wildman–Crippen LogP) is 2.34. The van der Waals surface area contributed by atoms with Gasteiger partial charge in [-0.1, -0.05) is 48.0 Å². The number of hydrogen-bond donors (Lipinski definition) is 1. The molecule has 0 unspecified atom stereocenters. The molecule has 2 aromatic carbocycles. The summed E-state index contributed by atoms with van der Waals surface area (Å²) in [6, 6.07) is 14.8. The largest absolute Gasteiger partial charge is 0.373 e. The Balaban J connectivity index is 1.59. The maximum Gasteiger partial charge on any atom is 0.324 e. The zero-order valence-corrected chi connectivity index (χ0v) is 18.2. The van der Waals surface area contributed by atoms with E-state index in [2.05, 4.69) is 9.74 Å². The molecule has 0 amide bonds. The smallest absolute Gasteiger partial charge is 0.324 e. The molecule has 0 aromatic heterocycles. The molecule has 7 nitrogen and oxygen atoms in total. The molecule has 0 spiro atoms. The standard InChI is InChI=1S/C21H26ClN3O4S/c22-20-8-6-18(7-9-21(26)29-23)19(14-20)15-24-10-12-25(13-11-24)30(27,28)16-17-4-2-1-3-5-17/h1-6,8,14H,7,9-13,15-16,23H2. The number of rotatable bonds is 8. The number of sulfonamides is 1. The summed E-state index contributed by atoms with van der Waals surface area (Å²) in [5.74, 6) is 4.46. The number of piperazine rings is 1. The summed E-state index contributed by atoms with van der Waals surface area (Å²) in [5, 5.41) is 0.624. The second-order valence-corrected chi connectivity index (χ2v) is 9.73. The number of benzene rings is 2. The first-order valence-electron chi connectivity index (χ1n) is 9.78. The molecule has 1 heterocycles. The molecular weight excluding hydrogens is 426 g/mol. The van der Waals surface area contributed by atoms with E-state index >= 15 is 0 Å². The van der Waals surface area contributed by atoms with Gasteiger partial charge in [-0.15, -0.1) is 0 Å². The number of hydrogen-bond acceptors (Lipinski definition) is 6. The molecule has 9 heteroatoms. The van der Waals surface area contributed by atoms with Crippen LogP contribution in [0, 0.1) is 0 Å². The number of carbonyl (C=O) groups is 1. The van der Waals surface area contributed by atoms with Crippen LogP contribution in [0.1, 0.15) is 23.1 Å². The first-order chi connectivity index (χ1) is 14.4. The molecule has 30 heavy (non-hydrogen) atoms. The molecule has 0 bridgehead atoms. The Kier molecular flexibility index (Phi) is 7.85. The zero-order valence-electron chi connectivity index (χ0n) is 16.7. The fraction of sp³-hybridized carbons (Fsp3) is 0.381. The Labute approximate surface area is 182 Å². The number of aryl methyl sites for hydroxylation is 1. The lowest BCUT2D eigenvalue weighted by atomic mass is 10.0. The second kappa shape index (κ2) is 10.4. The van der Waals surface area contributed by atoms with E-state index in [0.717, 1.165) is 16.7 Å². The van der Waals surface area contributed by atoms with Crippen molar-refractivity contribution in [3.05, 3.63) is 70.2 Å². The first-order valence-corrected chi connectivity index (χ1v) is 11.8. The molecule has 1 aliphatic rings. The van der Waals surface area contributed by atoms with Crippen molar-refractivity contribution in [3.63, 3.8) is 0 Å². The molecule has 1 fully saturated rings. The Morgan fingerprint density at radius 2 is 1.73 bits per heavy atom. The van der Waals surface area contributed by atoms with Gasteiger partial charge in [0.15, 0.2) is 0 Å². The van der Waals surface area contributed by atoms with Gasteiger partial charge in [-0.3, -0.25) is 9.69 Å². The Hall–Kier alpha value is -1.97. The molecule has 2 N–H and O–H groups in total. The van der Waals surface area contributed by atoms with Gasteiger partial charge in [0, 0.05) is 37.7 Å². The van der Waals surface area contributed by atoms with Gasteiger partial charge in [0.05, 0.1) is 12.2 Å². The van der Waals surface area contributed by atoms with Crippen LogP contribution in [0.15, 0.2) is 48.5 Å². The van der Waals surface area contributed by atoms with Crippen LogP contribution >= 0.6 is 11.6 Å². The normalized spacial score (nSPS) is 15.8. The van der Waals surface area contributed by atoms with Crippen molar-refractivity contribution in [2.24, 2.45) is 5.90 Å². The van der Waals surface area contributed by atoms with Gasteiger partial charge in [0.25, 0.3) is 0 Å². The third-order valence-electron chi connectivity index (χ3n) is 5.21. The van der Waals surface area contributed by atoms with Crippen molar-refractivity contribution in [2.75, 3.05) is 26.2 Å². The lowest BCUT2D eigenvalue weighted by molar-refractivity contribution is -0.144. The van der Waals surface area contributed by atoms with Crippen molar-refractivity contribution >= 4 is 27.6 Å². The van der Waals surface area contributed by atoms with Crippen molar-refractivity contribution < 1.29 is 18.0 Å². The molecule has 162 valence electrons. The van der Waals surface area contributed by atoms with Crippen LogP contribution in [0.2, 0.25) is 5.02 Å². The third kappa shape index (κ3) is 6.26. The molecule has 0 radical (unpaired) electrons. The van der Waals surface area contributed by atoms with E-state index in [0.29, 0.717) is 44.2 Å². The van der Waals surface area contributed by atoms with E-state index in [4.69, 9.17) is 17.5 Å². The average Bonchev–Trinajstić information content (AvgIpc) is 2.74. The van der Waals surface area contributed by atoms with Gasteiger partial charge in [-0.25, -0.2) is 8.42 Å². The Morgan fingerprint density at radius 3 is 2.40 bits per heavy atom. The van der Waals surface area contributed by atoms with E-state index in [1.165, 1.54) is 0 Å². The summed E-state index contributed by atoms with van der Waals surface area (Å²) in [5.41, 5.74) is 2.82. The van der Waals surface area contributed by atoms with Crippen LogP contribution in [0.5, 0.6) is 0 Å². The number of nitrogens with zero attached hydrogens (tertiary/aromatic N) is 2. The minimum atomic E-state index is -3.35. The second-order valence-electron chi connectivity index (χ2n) is 7.32. The van der Waals surface area contributed by atoms with Crippen LogP contribution in [0.25, 0.3) is 0 Å². The van der Waals surface area contributed by atoms with Crippen LogP contribution < -0.4 is 5.90 Å². The predicted molar refractivity (Wildman–Crippen MR) is 116 cm³/mol. The van der Waals surface area contributed by atoms with Gasteiger partial charge in [-0.2, -0.15) is 10.2 Å². The van der Waals surface area contributed by atoms with Crippen molar-refractivity contribution in [1.29, 1.82) is 0 Å². The number of carbonyl (C=O) groups excluding carboxylic acids is 1. The van der Waals surface area contributed by atoms with Crippen molar-refractivity contribution in [3.8, 4) is 0 Å². The highest BCUT2D eigenvalue weighted by Gasteiger charge is 2.27. The van der Waals surface area contributed by atoms with Crippen LogP contribution in [-0.2, 0) is 38.4 Å². The van der Waals surface area contributed by atoms with Crippen LogP contribution in [0.3, 0.4) is 0 Å². The maximum absolute atomic E-state index is 12.7. The van der Waals surface area contributed by atoms with Crippen LogP contribution in [-0.4, -0.2) is 49.8 Å². The Morgan fingerprint density at radius 1 is 1.03 bits per heavy atom. The quantitative estimate of drug-likeness (QED) is 0.619. The molecule has 0 saturated carbocycles. The highest BCUT2D eigenvalue weighted by atomic mass is 35.5. The summed E-state index contributed by atoms with van der Waals surface area (Å²) in [4.78, 5) is 17.8. The Bertz CT molecular complexity index is 961. The highest BCUT2D eigenvalue weighted by molar-refractivity contribution is 7.88. The molecule has 0 aliphatic carbocycles. The number of nitrogens with two attached hydrogens (primary N) is 1. The third-order valence-corrected chi connectivity index (χ3v) is 7.29. The van der Waals surface area contributed by atoms with Gasteiger partial charge >= 0.3 is 5.97 Å². The van der Waals surface area contributed by atoms with E-state index < -0.39 is 16.0 Å². The topological polar surface area (TPSA) is 92.9 Å². The molecule has 2 aromatic rings. The molecule has 0 atom stereocenters. The molecule has 1 saturated heterocycles. The lowest BCUT2D eigenvalue weighted by Gasteiger charge is -2.34. The highest BCUT2D eigenvalue weighted by Crippen LogP contribution is 2.21. The minimum Gasteiger partial charge on any atom is -0.373 e. The van der Waals surface area contributed by atoms with Crippen LogP contribution in [0.4, 0.5) is 0 Å². The van der Waals surface area contributed by atoms with Gasteiger partial charge in [0.2, 0.25) is 10.0 Å². The minimum absolute atomic E-state index is 0.0174. The molecule has 3 rings (SSSR count). The average molecular weight is 452 g/mol. The summed E-state index contributed by atoms with van der Waals surface area (Å²) in [7, 11) is -3.35. The van der Waals surface area contributed by atoms with Gasteiger partial charge < -0.3 is 4.84 Å². The van der Waals surface area contributed by atoms with Crippen molar-refractivity contribution in [2.45, 2.75) is 25.1 Å². The summed E-state index contributed by atoms with van der Waals surface area (Å²) in [6.45, 7) is 2.80. The van der Waals surface area contributed by atoms with Gasteiger partial charge in [-0.05, 0) is 35.2 Å². The SMILES string of the molecule is NOC(=O)CCc1ccc(Cl)cc1CN1CCN(S(=O)(=O)Cc2ccccc2)CC1. The fourth-order valence-electron chi connectivity index (χ4n) is 3.56. The lowest BCUT2D eigenvalue weighted by Crippen LogP contribution is -2.48. The molecule has 1 aliphatic heterocycles. The fourth-order valence-corrected chi connectivity index (χ4v) is 5.27. The summed E-state index contributed by atoms with van der Waals surface area (Å²) < 4.78 is 27.0. The summed E-state index contributed by atoms with van der Waals surface area (Å²) in [6.07, 6.45) is 0.699. The first kappa shape index (κ1) is 22.7. The monoisotopic (exact) mass is 451 g/mol. The van der Waals surface area contributed by atoms with Crippen molar-refractivity contribution in [1.82, 2.24) is 9.21 Å². The van der Waals surface area contributed by atoms with E-state index in [1.54, 1.807) is 10.4 Å². The van der Waals surface area contributed by atoms with E-state index in [-0.39, 0.29) is 12.2 Å². The molecular formula is C21H26ClN3O4S. The van der Waals surface area contributed by atoms with E-state index in [1.807, 2.05) is 42.5 Å².